The number of aromatic nitrogens is 3. The van der Waals surface area contributed by atoms with Gasteiger partial charge in [-0.05, 0) is 55.0 Å². The first kappa shape index (κ1) is 22.0. The Labute approximate surface area is 190 Å². The van der Waals surface area contributed by atoms with Gasteiger partial charge in [0.05, 0.1) is 6.07 Å². The molecule has 166 valence electrons. The number of furan rings is 1. The van der Waals surface area contributed by atoms with E-state index in [1.807, 2.05) is 12.1 Å². The highest BCUT2D eigenvalue weighted by Gasteiger charge is 2.18. The lowest BCUT2D eigenvalue weighted by Gasteiger charge is -2.07. The highest BCUT2D eigenvalue weighted by molar-refractivity contribution is 5.71. The molecule has 0 saturated heterocycles. The van der Waals surface area contributed by atoms with E-state index in [1.54, 1.807) is 25.3 Å². The van der Waals surface area contributed by atoms with Crippen LogP contribution in [0.1, 0.15) is 42.0 Å². The van der Waals surface area contributed by atoms with E-state index in [9.17, 15) is 10.1 Å². The minimum absolute atomic E-state index is 0.0300. The number of pyridine rings is 1. The van der Waals surface area contributed by atoms with Crippen LogP contribution in [-0.4, -0.2) is 19.9 Å². The van der Waals surface area contributed by atoms with E-state index < -0.39 is 4.92 Å². The minimum Gasteiger partial charge on any atom is -0.471 e. The summed E-state index contributed by atoms with van der Waals surface area (Å²) in [6.07, 6.45) is 2.65. The van der Waals surface area contributed by atoms with Crippen LogP contribution < -0.4 is 4.74 Å². The molecule has 0 N–H and O–H groups in total. The summed E-state index contributed by atoms with van der Waals surface area (Å²) in [5.41, 5.74) is 4.01. The molecular weight excluding hydrogens is 420 g/mol. The highest BCUT2D eigenvalue weighted by atomic mass is 16.6. The van der Waals surface area contributed by atoms with Gasteiger partial charge in [-0.3, -0.25) is 10.1 Å². The van der Waals surface area contributed by atoms with Gasteiger partial charge in [-0.25, -0.2) is 15.0 Å². The van der Waals surface area contributed by atoms with Crippen molar-refractivity contribution in [2.24, 2.45) is 5.92 Å². The van der Waals surface area contributed by atoms with Crippen LogP contribution in [0.5, 0.6) is 5.88 Å². The average molecular weight is 442 g/mol. The summed E-state index contributed by atoms with van der Waals surface area (Å²) in [7, 11) is 0. The molecule has 8 heteroatoms. The maximum Gasteiger partial charge on any atom is 0.433 e. The van der Waals surface area contributed by atoms with Crippen LogP contribution in [0.4, 0.5) is 5.88 Å². The monoisotopic (exact) mass is 442 g/mol. The second kappa shape index (κ2) is 9.49. The number of nitro groups is 1. The standard InChI is InChI=1S/C25H22N4O4/c1-16(2)13-19-8-6-18(7-9-19)10-11-22-25(28-21-5-4-12-26-24(21)27-22)32-15-20-14-23(29(30)31)33-17(20)3/h4-9,12,14,16H,13,15H2,1-3H3. The van der Waals surface area contributed by atoms with Gasteiger partial charge in [-0.2, -0.15) is 0 Å². The number of benzene rings is 1. The lowest BCUT2D eigenvalue weighted by molar-refractivity contribution is -0.402. The summed E-state index contributed by atoms with van der Waals surface area (Å²) < 4.78 is 11.0. The molecule has 33 heavy (non-hydrogen) atoms. The van der Waals surface area contributed by atoms with Crippen molar-refractivity contribution in [1.29, 1.82) is 0 Å². The molecule has 0 bridgehead atoms. The first-order valence-corrected chi connectivity index (χ1v) is 10.5. The van der Waals surface area contributed by atoms with Crippen LogP contribution >= 0.6 is 0 Å². The number of aryl methyl sites for hydroxylation is 1. The van der Waals surface area contributed by atoms with Crippen LogP contribution in [0.3, 0.4) is 0 Å². The van der Waals surface area contributed by atoms with Crippen LogP contribution in [0.15, 0.2) is 53.1 Å². The summed E-state index contributed by atoms with van der Waals surface area (Å²) in [4.78, 5) is 23.6. The zero-order chi connectivity index (χ0) is 23.4. The molecule has 0 aliphatic heterocycles. The number of hydrogen-bond donors (Lipinski definition) is 0. The van der Waals surface area contributed by atoms with Crippen molar-refractivity contribution in [2.45, 2.75) is 33.8 Å². The van der Waals surface area contributed by atoms with Gasteiger partial charge in [0.25, 0.3) is 0 Å². The van der Waals surface area contributed by atoms with Crippen molar-refractivity contribution in [2.75, 3.05) is 0 Å². The van der Waals surface area contributed by atoms with Crippen molar-refractivity contribution < 1.29 is 14.1 Å². The molecule has 0 aliphatic rings. The van der Waals surface area contributed by atoms with E-state index in [2.05, 4.69) is 52.8 Å². The topological polar surface area (TPSA) is 104 Å². The molecule has 4 aromatic rings. The van der Waals surface area contributed by atoms with E-state index in [0.29, 0.717) is 34.1 Å². The van der Waals surface area contributed by atoms with E-state index in [0.717, 1.165) is 12.0 Å². The zero-order valence-electron chi connectivity index (χ0n) is 18.5. The molecule has 0 spiro atoms. The Kier molecular flexibility index (Phi) is 6.31. The molecule has 0 amide bonds. The lowest BCUT2D eigenvalue weighted by atomic mass is 10.0. The van der Waals surface area contributed by atoms with Gasteiger partial charge in [0.1, 0.15) is 22.8 Å². The van der Waals surface area contributed by atoms with Crippen molar-refractivity contribution in [3.63, 3.8) is 0 Å². The van der Waals surface area contributed by atoms with Crippen molar-refractivity contribution in [3.8, 4) is 17.7 Å². The predicted octanol–water partition coefficient (Wildman–Crippen LogP) is 5.01. The van der Waals surface area contributed by atoms with Crippen LogP contribution in [0, 0.1) is 34.8 Å². The first-order valence-electron chi connectivity index (χ1n) is 10.5. The normalized spacial score (nSPS) is 10.8. The zero-order valence-corrected chi connectivity index (χ0v) is 18.5. The van der Waals surface area contributed by atoms with Crippen molar-refractivity contribution >= 4 is 17.0 Å². The molecule has 0 aliphatic carbocycles. The average Bonchev–Trinajstić information content (AvgIpc) is 3.17. The third-order valence-electron chi connectivity index (χ3n) is 4.88. The van der Waals surface area contributed by atoms with Gasteiger partial charge in [-0.15, -0.1) is 0 Å². The summed E-state index contributed by atoms with van der Waals surface area (Å²) in [6, 6.07) is 13.0. The van der Waals surface area contributed by atoms with Gasteiger partial charge < -0.3 is 9.15 Å². The SMILES string of the molecule is Cc1oc([N+](=O)[O-])cc1COc1nc2cccnc2nc1C#Cc1ccc(CC(C)C)cc1. The molecule has 4 rings (SSSR count). The fourth-order valence-corrected chi connectivity index (χ4v) is 3.27. The number of ether oxygens (including phenoxy) is 1. The number of rotatable bonds is 6. The second-order valence-electron chi connectivity index (χ2n) is 7.98. The Balaban J connectivity index is 1.63. The van der Waals surface area contributed by atoms with Crippen molar-refractivity contribution in [3.05, 3.63) is 86.9 Å². The number of hydrogen-bond acceptors (Lipinski definition) is 7. The second-order valence-corrected chi connectivity index (χ2v) is 7.98. The molecular formula is C25H22N4O4. The lowest BCUT2D eigenvalue weighted by Crippen LogP contribution is -2.03. The summed E-state index contributed by atoms with van der Waals surface area (Å²) in [6.45, 7) is 6.05. The molecule has 8 nitrogen and oxygen atoms in total. The quantitative estimate of drug-likeness (QED) is 0.235. The van der Waals surface area contributed by atoms with Gasteiger partial charge in [-0.1, -0.05) is 31.9 Å². The molecule has 0 atom stereocenters. The fourth-order valence-electron chi connectivity index (χ4n) is 3.27. The predicted molar refractivity (Wildman–Crippen MR) is 123 cm³/mol. The molecule has 3 aromatic heterocycles. The minimum atomic E-state index is -0.582. The molecule has 0 unspecified atom stereocenters. The third kappa shape index (κ3) is 5.33. The smallest absolute Gasteiger partial charge is 0.433 e. The third-order valence-corrected chi connectivity index (χ3v) is 4.88. The Morgan fingerprint density at radius 3 is 2.64 bits per heavy atom. The number of fused-ring (bicyclic) bond motifs is 1. The Hall–Kier alpha value is -4.25. The van der Waals surface area contributed by atoms with E-state index in [4.69, 9.17) is 9.15 Å². The van der Waals surface area contributed by atoms with Crippen molar-refractivity contribution in [1.82, 2.24) is 15.0 Å². The largest absolute Gasteiger partial charge is 0.471 e. The molecule has 3 heterocycles. The van der Waals surface area contributed by atoms with Gasteiger partial charge in [0.2, 0.25) is 5.88 Å². The summed E-state index contributed by atoms with van der Waals surface area (Å²) in [5.74, 6) is 7.03. The summed E-state index contributed by atoms with van der Waals surface area (Å²) >= 11 is 0. The highest BCUT2D eigenvalue weighted by Crippen LogP contribution is 2.24. The molecule has 0 fully saturated rings. The molecule has 0 radical (unpaired) electrons. The maximum absolute atomic E-state index is 11.0. The Morgan fingerprint density at radius 1 is 1.15 bits per heavy atom. The molecule has 1 aromatic carbocycles. The van der Waals surface area contributed by atoms with Gasteiger partial charge in [0, 0.05) is 17.3 Å². The van der Waals surface area contributed by atoms with Gasteiger partial charge >= 0.3 is 5.88 Å². The van der Waals surface area contributed by atoms with E-state index in [-0.39, 0.29) is 18.4 Å². The first-order chi connectivity index (χ1) is 15.9. The van der Waals surface area contributed by atoms with Gasteiger partial charge in [0.15, 0.2) is 11.3 Å². The fraction of sp³-hybridized carbons (Fsp3) is 0.240. The van der Waals surface area contributed by atoms with E-state index >= 15 is 0 Å². The van der Waals surface area contributed by atoms with E-state index in [1.165, 1.54) is 11.6 Å². The molecule has 0 saturated carbocycles. The maximum atomic E-state index is 11.0. The van der Waals surface area contributed by atoms with Crippen LogP contribution in [0.2, 0.25) is 0 Å². The Bertz CT molecular complexity index is 1360. The van der Waals surface area contributed by atoms with Crippen LogP contribution in [0.25, 0.3) is 11.2 Å². The number of nitrogens with zero attached hydrogens (tertiary/aromatic N) is 4. The Morgan fingerprint density at radius 2 is 1.94 bits per heavy atom. The summed E-state index contributed by atoms with van der Waals surface area (Å²) in [5, 5.41) is 11.0. The van der Waals surface area contributed by atoms with Crippen LogP contribution in [-0.2, 0) is 13.0 Å².